The molecule has 0 heterocycles. The Kier molecular flexibility index (Phi) is 9.33. The molecular formula is C18H29NO4. The number of hydrogen-bond donors (Lipinski definition) is 1. The number of rotatable bonds is 10. The van der Waals surface area contributed by atoms with Crippen LogP contribution in [-0.4, -0.2) is 31.6 Å². The zero-order valence-electron chi connectivity index (χ0n) is 14.6. The van der Waals surface area contributed by atoms with E-state index in [1.54, 1.807) is 0 Å². The Labute approximate surface area is 139 Å². The molecule has 0 radical (unpaired) electrons. The van der Waals surface area contributed by atoms with Gasteiger partial charge in [0.2, 0.25) is 0 Å². The smallest absolute Gasteiger partial charge is 0.407 e. The number of hydrogen-bond acceptors (Lipinski definition) is 4. The van der Waals surface area contributed by atoms with Gasteiger partial charge in [-0.05, 0) is 31.7 Å². The van der Waals surface area contributed by atoms with E-state index in [2.05, 4.69) is 19.2 Å². The summed E-state index contributed by atoms with van der Waals surface area (Å²) in [6.07, 6.45) is -0.161. The zero-order chi connectivity index (χ0) is 17.1. The quantitative estimate of drug-likeness (QED) is 0.667. The van der Waals surface area contributed by atoms with Crippen molar-refractivity contribution in [3.05, 3.63) is 35.9 Å². The second kappa shape index (κ2) is 11.0. The van der Waals surface area contributed by atoms with Crippen molar-refractivity contribution in [2.45, 2.75) is 53.1 Å². The molecule has 5 nitrogen and oxygen atoms in total. The first-order valence-corrected chi connectivity index (χ1v) is 8.27. The van der Waals surface area contributed by atoms with E-state index < -0.39 is 12.4 Å². The molecule has 0 bridgehead atoms. The van der Waals surface area contributed by atoms with Gasteiger partial charge in [-0.2, -0.15) is 0 Å². The summed E-state index contributed by atoms with van der Waals surface area (Å²) >= 11 is 0. The van der Waals surface area contributed by atoms with E-state index in [0.717, 1.165) is 12.0 Å². The highest BCUT2D eigenvalue weighted by molar-refractivity contribution is 5.67. The van der Waals surface area contributed by atoms with Crippen molar-refractivity contribution in [3.63, 3.8) is 0 Å². The Hall–Kier alpha value is -1.59. The lowest BCUT2D eigenvalue weighted by Crippen LogP contribution is -2.46. The summed E-state index contributed by atoms with van der Waals surface area (Å²) in [7, 11) is 0. The fraction of sp³-hybridized carbons (Fsp3) is 0.611. The monoisotopic (exact) mass is 323 g/mol. The maximum Gasteiger partial charge on any atom is 0.407 e. The van der Waals surface area contributed by atoms with Crippen LogP contribution in [0, 0.1) is 5.92 Å². The second-order valence-electron chi connectivity index (χ2n) is 5.72. The van der Waals surface area contributed by atoms with Crippen molar-refractivity contribution in [2.75, 3.05) is 13.2 Å². The Morgan fingerprint density at radius 3 is 2.22 bits per heavy atom. The highest BCUT2D eigenvalue weighted by atomic mass is 16.7. The first kappa shape index (κ1) is 19.5. The van der Waals surface area contributed by atoms with Crippen LogP contribution in [0.3, 0.4) is 0 Å². The fourth-order valence-electron chi connectivity index (χ4n) is 2.27. The summed E-state index contributed by atoms with van der Waals surface area (Å²) in [5, 5.41) is 2.88. The van der Waals surface area contributed by atoms with Crippen LogP contribution < -0.4 is 5.32 Å². The third-order valence-corrected chi connectivity index (χ3v) is 3.23. The number of carbonyl (C=O) groups is 1. The topological polar surface area (TPSA) is 56.8 Å². The molecule has 1 N–H and O–H groups in total. The summed E-state index contributed by atoms with van der Waals surface area (Å²) in [6, 6.07) is 9.36. The van der Waals surface area contributed by atoms with Gasteiger partial charge >= 0.3 is 6.09 Å². The molecule has 0 fully saturated rings. The summed E-state index contributed by atoms with van der Waals surface area (Å²) in [4.78, 5) is 12.1. The van der Waals surface area contributed by atoms with Gasteiger partial charge in [0.1, 0.15) is 6.61 Å². The maximum absolute atomic E-state index is 12.1. The van der Waals surface area contributed by atoms with Crippen LogP contribution in [0.1, 0.15) is 39.7 Å². The molecule has 1 aromatic rings. The zero-order valence-corrected chi connectivity index (χ0v) is 14.6. The molecular weight excluding hydrogens is 294 g/mol. The second-order valence-corrected chi connectivity index (χ2v) is 5.72. The highest BCUT2D eigenvalue weighted by Crippen LogP contribution is 2.13. The number of carbonyl (C=O) groups excluding carboxylic acids is 1. The van der Waals surface area contributed by atoms with Crippen LogP contribution in [0.15, 0.2) is 30.3 Å². The van der Waals surface area contributed by atoms with Crippen LogP contribution in [0.5, 0.6) is 0 Å². The van der Waals surface area contributed by atoms with Crippen LogP contribution >= 0.6 is 0 Å². The Morgan fingerprint density at radius 1 is 1.09 bits per heavy atom. The molecule has 0 saturated heterocycles. The SMILES string of the molecule is CCOC(OCC)[C@H](CC(C)C)NC(=O)OCc1ccccc1. The average molecular weight is 323 g/mol. The number of amides is 1. The molecule has 1 amide bonds. The van der Waals surface area contributed by atoms with Gasteiger partial charge in [0.15, 0.2) is 6.29 Å². The highest BCUT2D eigenvalue weighted by Gasteiger charge is 2.25. The van der Waals surface area contributed by atoms with E-state index in [1.807, 2.05) is 44.2 Å². The molecule has 0 aromatic heterocycles. The van der Waals surface area contributed by atoms with Gasteiger partial charge in [0, 0.05) is 13.2 Å². The molecule has 0 unspecified atom stereocenters. The van der Waals surface area contributed by atoms with Crippen molar-refractivity contribution in [1.82, 2.24) is 5.32 Å². The van der Waals surface area contributed by atoms with Gasteiger partial charge in [0.05, 0.1) is 6.04 Å². The van der Waals surface area contributed by atoms with E-state index in [9.17, 15) is 4.79 Å². The van der Waals surface area contributed by atoms with Crippen molar-refractivity contribution in [2.24, 2.45) is 5.92 Å². The lowest BCUT2D eigenvalue weighted by atomic mass is 10.0. The average Bonchev–Trinajstić information content (AvgIpc) is 2.53. The van der Waals surface area contributed by atoms with Crippen LogP contribution in [-0.2, 0) is 20.8 Å². The third kappa shape index (κ3) is 8.00. The molecule has 0 aliphatic heterocycles. The summed E-state index contributed by atoms with van der Waals surface area (Å²) in [5.74, 6) is 0.401. The van der Waals surface area contributed by atoms with Crippen LogP contribution in [0.2, 0.25) is 0 Å². The van der Waals surface area contributed by atoms with Crippen molar-refractivity contribution in [1.29, 1.82) is 0 Å². The van der Waals surface area contributed by atoms with E-state index in [0.29, 0.717) is 19.1 Å². The molecule has 130 valence electrons. The lowest BCUT2D eigenvalue weighted by Gasteiger charge is -2.28. The largest absolute Gasteiger partial charge is 0.445 e. The van der Waals surface area contributed by atoms with Crippen LogP contribution in [0.4, 0.5) is 4.79 Å². The minimum atomic E-state index is -0.461. The predicted octanol–water partition coefficient (Wildman–Crippen LogP) is 3.73. The Morgan fingerprint density at radius 2 is 1.70 bits per heavy atom. The summed E-state index contributed by atoms with van der Waals surface area (Å²) < 4.78 is 16.5. The lowest BCUT2D eigenvalue weighted by molar-refractivity contribution is -0.155. The normalized spacial score (nSPS) is 12.4. The predicted molar refractivity (Wildman–Crippen MR) is 90.0 cm³/mol. The van der Waals surface area contributed by atoms with E-state index in [1.165, 1.54) is 0 Å². The number of alkyl carbamates (subject to hydrolysis) is 1. The molecule has 1 aromatic carbocycles. The van der Waals surface area contributed by atoms with Crippen molar-refractivity contribution < 1.29 is 19.0 Å². The van der Waals surface area contributed by atoms with E-state index in [4.69, 9.17) is 14.2 Å². The molecule has 0 spiro atoms. The van der Waals surface area contributed by atoms with Gasteiger partial charge in [-0.15, -0.1) is 0 Å². The Bertz CT molecular complexity index is 430. The van der Waals surface area contributed by atoms with Gasteiger partial charge in [-0.3, -0.25) is 0 Å². The fourth-order valence-corrected chi connectivity index (χ4v) is 2.27. The Balaban J connectivity index is 2.58. The first-order valence-electron chi connectivity index (χ1n) is 8.27. The minimum Gasteiger partial charge on any atom is -0.445 e. The molecule has 23 heavy (non-hydrogen) atoms. The standard InChI is InChI=1S/C18H29NO4/c1-5-21-17(22-6-2)16(12-14(3)4)19-18(20)23-13-15-10-8-7-9-11-15/h7-11,14,16-17H,5-6,12-13H2,1-4H3,(H,19,20)/t16-/m0/s1. The van der Waals surface area contributed by atoms with Gasteiger partial charge in [-0.1, -0.05) is 44.2 Å². The molecule has 0 aliphatic rings. The summed E-state index contributed by atoms with van der Waals surface area (Å²) in [5.41, 5.74) is 0.953. The third-order valence-electron chi connectivity index (χ3n) is 3.23. The molecule has 1 rings (SSSR count). The van der Waals surface area contributed by atoms with Gasteiger partial charge in [-0.25, -0.2) is 4.79 Å². The number of ether oxygens (including phenoxy) is 3. The molecule has 0 aliphatic carbocycles. The van der Waals surface area contributed by atoms with Crippen molar-refractivity contribution >= 4 is 6.09 Å². The minimum absolute atomic E-state index is 0.238. The number of nitrogens with one attached hydrogen (secondary N) is 1. The molecule has 5 heteroatoms. The maximum atomic E-state index is 12.1. The van der Waals surface area contributed by atoms with Crippen molar-refractivity contribution in [3.8, 4) is 0 Å². The first-order chi connectivity index (χ1) is 11.1. The molecule has 0 saturated carbocycles. The van der Waals surface area contributed by atoms with E-state index in [-0.39, 0.29) is 12.6 Å². The summed E-state index contributed by atoms with van der Waals surface area (Å²) in [6.45, 7) is 9.31. The molecule has 1 atom stereocenters. The van der Waals surface area contributed by atoms with Gasteiger partial charge in [0.25, 0.3) is 0 Å². The van der Waals surface area contributed by atoms with Gasteiger partial charge < -0.3 is 19.5 Å². The van der Waals surface area contributed by atoms with Crippen LogP contribution in [0.25, 0.3) is 0 Å². The van der Waals surface area contributed by atoms with E-state index >= 15 is 0 Å². The number of benzene rings is 1.